The van der Waals surface area contributed by atoms with Gasteiger partial charge in [0.15, 0.2) is 5.82 Å². The minimum Gasteiger partial charge on any atom is -0.368 e. The largest absolute Gasteiger partial charge is 0.368 e. The highest BCUT2D eigenvalue weighted by Crippen LogP contribution is 2.30. The Bertz CT molecular complexity index is 1210. The van der Waals surface area contributed by atoms with Crippen molar-refractivity contribution in [2.45, 2.75) is 20.0 Å². The first-order valence-electron chi connectivity index (χ1n) is 10.4. The summed E-state index contributed by atoms with van der Waals surface area (Å²) in [4.78, 5) is 11.3. The van der Waals surface area contributed by atoms with Crippen LogP contribution >= 0.6 is 0 Å². The monoisotopic (exact) mass is 412 g/mol. The molecule has 156 valence electrons. The highest BCUT2D eigenvalue weighted by molar-refractivity contribution is 5.93. The van der Waals surface area contributed by atoms with Crippen LogP contribution in [-0.2, 0) is 4.74 Å². The Morgan fingerprint density at radius 2 is 1.84 bits per heavy atom. The van der Waals surface area contributed by atoms with Gasteiger partial charge in [-0.3, -0.25) is 4.98 Å². The van der Waals surface area contributed by atoms with Gasteiger partial charge >= 0.3 is 0 Å². The maximum Gasteiger partial charge on any atom is 0.159 e. The molecule has 0 unspecified atom stereocenters. The predicted molar refractivity (Wildman–Crippen MR) is 122 cm³/mol. The second-order valence-electron chi connectivity index (χ2n) is 7.73. The van der Waals surface area contributed by atoms with Gasteiger partial charge in [-0.1, -0.05) is 30.3 Å². The molecule has 1 aliphatic rings. The minimum atomic E-state index is -0.124. The van der Waals surface area contributed by atoms with Crippen molar-refractivity contribution in [1.29, 1.82) is 0 Å². The number of nitrogens with zero attached hydrogens (tertiary/aromatic N) is 5. The van der Waals surface area contributed by atoms with E-state index in [9.17, 15) is 0 Å². The summed E-state index contributed by atoms with van der Waals surface area (Å²) in [6.07, 6.45) is 3.48. The van der Waals surface area contributed by atoms with Crippen LogP contribution in [-0.4, -0.2) is 39.9 Å². The van der Waals surface area contributed by atoms with E-state index in [0.29, 0.717) is 13.2 Å². The van der Waals surface area contributed by atoms with Crippen LogP contribution in [0.15, 0.2) is 60.9 Å². The maximum absolute atomic E-state index is 6.04. The third-order valence-electron chi connectivity index (χ3n) is 5.61. The smallest absolute Gasteiger partial charge is 0.159 e. The molecule has 0 bridgehead atoms. The number of ether oxygens (including phenoxy) is 1. The number of nitrogens with one attached hydrogen (secondary N) is 1. The lowest BCUT2D eigenvalue weighted by Gasteiger charge is -2.33. The van der Waals surface area contributed by atoms with E-state index in [1.165, 1.54) is 0 Å². The molecular weight excluding hydrogens is 388 g/mol. The van der Waals surface area contributed by atoms with Crippen molar-refractivity contribution in [3.05, 3.63) is 77.9 Å². The second kappa shape index (κ2) is 8.28. The number of hydrogen-bond acceptors (Lipinski definition) is 7. The molecule has 4 heterocycles. The molecule has 7 nitrogen and oxygen atoms in total. The van der Waals surface area contributed by atoms with Crippen molar-refractivity contribution in [3.63, 3.8) is 0 Å². The van der Waals surface area contributed by atoms with Crippen molar-refractivity contribution < 1.29 is 4.74 Å². The maximum atomic E-state index is 6.04. The van der Waals surface area contributed by atoms with E-state index in [0.717, 1.165) is 51.6 Å². The van der Waals surface area contributed by atoms with Gasteiger partial charge in [0.1, 0.15) is 11.9 Å². The Hall–Kier alpha value is -3.58. The zero-order valence-corrected chi connectivity index (χ0v) is 17.6. The van der Waals surface area contributed by atoms with E-state index in [1.807, 2.05) is 56.4 Å². The number of pyridine rings is 2. The summed E-state index contributed by atoms with van der Waals surface area (Å²) in [7, 11) is 0. The predicted octanol–water partition coefficient (Wildman–Crippen LogP) is 4.36. The molecule has 0 saturated carbocycles. The normalized spacial score (nSPS) is 16.5. The van der Waals surface area contributed by atoms with E-state index in [-0.39, 0.29) is 6.10 Å². The Morgan fingerprint density at radius 1 is 0.968 bits per heavy atom. The fourth-order valence-corrected chi connectivity index (χ4v) is 3.90. The van der Waals surface area contributed by atoms with Crippen LogP contribution < -0.4 is 10.2 Å². The first kappa shape index (κ1) is 19.4. The molecule has 31 heavy (non-hydrogen) atoms. The van der Waals surface area contributed by atoms with Crippen molar-refractivity contribution >= 4 is 28.1 Å². The van der Waals surface area contributed by atoms with Gasteiger partial charge in [-0.15, -0.1) is 5.10 Å². The highest BCUT2D eigenvalue weighted by atomic mass is 16.5. The van der Waals surface area contributed by atoms with Gasteiger partial charge < -0.3 is 15.0 Å². The molecule has 0 spiro atoms. The number of fused-ring (bicyclic) bond motifs is 1. The molecular formula is C24H24N6O. The van der Waals surface area contributed by atoms with E-state index < -0.39 is 0 Å². The molecule has 1 fully saturated rings. The summed E-state index contributed by atoms with van der Waals surface area (Å²) in [5.41, 5.74) is 3.83. The molecule has 3 aromatic heterocycles. The van der Waals surface area contributed by atoms with Crippen LogP contribution in [0.5, 0.6) is 0 Å². The topological polar surface area (TPSA) is 76.1 Å². The molecule has 5 rings (SSSR count). The molecule has 0 aliphatic carbocycles. The molecule has 1 N–H and O–H groups in total. The fraction of sp³-hybridized carbons (Fsp3) is 0.250. The number of morpholine rings is 1. The number of aryl methyl sites for hydroxylation is 2. The van der Waals surface area contributed by atoms with E-state index in [1.54, 1.807) is 6.20 Å². The number of anilines is 3. The third kappa shape index (κ3) is 3.92. The Morgan fingerprint density at radius 3 is 2.65 bits per heavy atom. The van der Waals surface area contributed by atoms with E-state index in [4.69, 9.17) is 4.74 Å². The van der Waals surface area contributed by atoms with Crippen molar-refractivity contribution in [3.8, 4) is 0 Å². The van der Waals surface area contributed by atoms with Gasteiger partial charge in [-0.25, -0.2) is 4.98 Å². The van der Waals surface area contributed by atoms with Crippen LogP contribution in [0.4, 0.5) is 17.3 Å². The van der Waals surface area contributed by atoms with Crippen molar-refractivity contribution in [1.82, 2.24) is 20.2 Å². The molecule has 7 heteroatoms. The fourth-order valence-electron chi connectivity index (χ4n) is 3.90. The molecule has 4 aromatic rings. The highest BCUT2D eigenvalue weighted by Gasteiger charge is 2.25. The molecule has 1 aliphatic heterocycles. The van der Waals surface area contributed by atoms with E-state index >= 15 is 0 Å². The number of hydrogen-bond donors (Lipinski definition) is 1. The zero-order chi connectivity index (χ0) is 21.2. The lowest BCUT2D eigenvalue weighted by molar-refractivity contribution is 0.0368. The summed E-state index contributed by atoms with van der Waals surface area (Å²) >= 11 is 0. The van der Waals surface area contributed by atoms with Crippen LogP contribution in [0, 0.1) is 13.8 Å². The average molecular weight is 412 g/mol. The summed E-state index contributed by atoms with van der Waals surface area (Å²) < 4.78 is 6.04. The summed E-state index contributed by atoms with van der Waals surface area (Å²) in [5, 5.41) is 14.5. The van der Waals surface area contributed by atoms with Crippen LogP contribution in [0.25, 0.3) is 10.8 Å². The van der Waals surface area contributed by atoms with Crippen LogP contribution in [0.3, 0.4) is 0 Å². The first-order valence-corrected chi connectivity index (χ1v) is 10.4. The van der Waals surface area contributed by atoms with Gasteiger partial charge in [0, 0.05) is 23.5 Å². The van der Waals surface area contributed by atoms with Gasteiger partial charge in [0.2, 0.25) is 0 Å². The van der Waals surface area contributed by atoms with Gasteiger partial charge in [0.05, 0.1) is 36.4 Å². The quantitative estimate of drug-likeness (QED) is 0.534. The Balaban J connectivity index is 1.35. The summed E-state index contributed by atoms with van der Waals surface area (Å²) in [5.74, 6) is 1.74. The SMILES string of the molecule is Cc1cccnc1Nc1ccc([C@@H]2CN(c3nnc(C)c4ccccc34)CCO2)nc1. The molecule has 1 atom stereocenters. The third-order valence-corrected chi connectivity index (χ3v) is 5.61. The number of rotatable bonds is 4. The van der Waals surface area contributed by atoms with Crippen molar-refractivity contribution in [2.75, 3.05) is 29.9 Å². The molecule has 0 amide bonds. The number of benzene rings is 1. The lowest BCUT2D eigenvalue weighted by Crippen LogP contribution is -2.39. The summed E-state index contributed by atoms with van der Waals surface area (Å²) in [6.45, 7) is 6.09. The van der Waals surface area contributed by atoms with E-state index in [2.05, 4.69) is 42.5 Å². The molecule has 1 saturated heterocycles. The Kier molecular flexibility index (Phi) is 5.18. The first-order chi connectivity index (χ1) is 15.2. The van der Waals surface area contributed by atoms with Gasteiger partial charge in [0.25, 0.3) is 0 Å². The van der Waals surface area contributed by atoms with Crippen LogP contribution in [0.1, 0.15) is 23.1 Å². The number of aromatic nitrogens is 4. The molecule has 0 radical (unpaired) electrons. The van der Waals surface area contributed by atoms with Crippen LogP contribution in [0.2, 0.25) is 0 Å². The van der Waals surface area contributed by atoms with Gasteiger partial charge in [-0.2, -0.15) is 5.10 Å². The standard InChI is InChI=1S/C24H24N6O/c1-16-6-5-11-25-23(16)27-18-9-10-21(26-14-18)22-15-30(12-13-31-22)24-20-8-4-3-7-19(20)17(2)28-29-24/h3-11,14,22H,12-13,15H2,1-2H3,(H,25,27)/t22-/m0/s1. The Labute approximate surface area is 181 Å². The lowest BCUT2D eigenvalue weighted by atomic mass is 10.1. The van der Waals surface area contributed by atoms with Crippen molar-refractivity contribution in [2.24, 2.45) is 0 Å². The zero-order valence-electron chi connectivity index (χ0n) is 17.6. The van der Waals surface area contributed by atoms with Gasteiger partial charge in [-0.05, 0) is 37.6 Å². The second-order valence-corrected chi connectivity index (χ2v) is 7.73. The minimum absolute atomic E-state index is 0.124. The molecule has 1 aromatic carbocycles. The average Bonchev–Trinajstić information content (AvgIpc) is 2.82. The summed E-state index contributed by atoms with van der Waals surface area (Å²) in [6, 6.07) is 16.3.